The van der Waals surface area contributed by atoms with E-state index in [1.54, 1.807) is 6.21 Å². The minimum absolute atomic E-state index is 0.0162. The van der Waals surface area contributed by atoms with Gasteiger partial charge >= 0.3 is 5.95 Å². The number of hydrogen-bond acceptors (Lipinski definition) is 4. The fourth-order valence-corrected chi connectivity index (χ4v) is 2.11. The zero-order valence-corrected chi connectivity index (χ0v) is 12.2. The van der Waals surface area contributed by atoms with Crippen molar-refractivity contribution in [3.63, 3.8) is 0 Å². The third-order valence-corrected chi connectivity index (χ3v) is 3.36. The average molecular weight is 292 g/mol. The number of benzene rings is 2. The Morgan fingerprint density at radius 1 is 1.05 bits per heavy atom. The summed E-state index contributed by atoms with van der Waals surface area (Å²) < 4.78 is 5.29. The Morgan fingerprint density at radius 2 is 1.68 bits per heavy atom. The molecule has 4 heteroatoms. The van der Waals surface area contributed by atoms with Gasteiger partial charge in [0.1, 0.15) is 0 Å². The van der Waals surface area contributed by atoms with Gasteiger partial charge < -0.3 is 9.52 Å². The molecule has 0 saturated heterocycles. The molecule has 1 N–H and O–H groups in total. The Labute approximate surface area is 128 Å². The van der Waals surface area contributed by atoms with Crippen molar-refractivity contribution in [3.8, 4) is 17.4 Å². The van der Waals surface area contributed by atoms with Gasteiger partial charge in [0.15, 0.2) is 5.69 Å². The van der Waals surface area contributed by atoms with Crippen LogP contribution in [0, 0.1) is 0 Å². The normalized spacial score (nSPS) is 12.6. The summed E-state index contributed by atoms with van der Waals surface area (Å²) in [6, 6.07) is 19.4. The SMILES string of the molecule is CC(N=Cc1nc(-c2ccccc2)oc1O)c1ccccc1. The second-order valence-corrected chi connectivity index (χ2v) is 4.94. The predicted octanol–water partition coefficient (Wildman–Crippen LogP) is 4.23. The Kier molecular flexibility index (Phi) is 4.01. The average Bonchev–Trinajstić information content (AvgIpc) is 2.95. The van der Waals surface area contributed by atoms with E-state index in [9.17, 15) is 5.11 Å². The number of nitrogens with zero attached hydrogens (tertiary/aromatic N) is 2. The molecule has 22 heavy (non-hydrogen) atoms. The number of aromatic hydroxyl groups is 1. The van der Waals surface area contributed by atoms with Crippen LogP contribution in [0.5, 0.6) is 5.95 Å². The van der Waals surface area contributed by atoms with Gasteiger partial charge in [-0.15, -0.1) is 0 Å². The third kappa shape index (κ3) is 3.06. The van der Waals surface area contributed by atoms with Crippen molar-refractivity contribution in [1.29, 1.82) is 0 Å². The maximum Gasteiger partial charge on any atom is 0.312 e. The fourth-order valence-electron chi connectivity index (χ4n) is 2.11. The van der Waals surface area contributed by atoms with Gasteiger partial charge in [-0.1, -0.05) is 48.5 Å². The highest BCUT2D eigenvalue weighted by atomic mass is 16.5. The van der Waals surface area contributed by atoms with E-state index < -0.39 is 0 Å². The minimum Gasteiger partial charge on any atom is -0.479 e. The van der Waals surface area contributed by atoms with Gasteiger partial charge in [-0.2, -0.15) is 0 Å². The number of oxazole rings is 1. The highest BCUT2D eigenvalue weighted by Crippen LogP contribution is 2.25. The monoisotopic (exact) mass is 292 g/mol. The lowest BCUT2D eigenvalue weighted by Gasteiger charge is -2.04. The molecule has 0 aliphatic heterocycles. The Morgan fingerprint density at radius 3 is 2.36 bits per heavy atom. The first kappa shape index (κ1) is 14.1. The molecule has 1 aromatic heterocycles. The zero-order chi connectivity index (χ0) is 15.4. The van der Waals surface area contributed by atoms with E-state index in [0.29, 0.717) is 11.6 Å². The molecule has 2 aromatic carbocycles. The van der Waals surface area contributed by atoms with Crippen molar-refractivity contribution in [2.75, 3.05) is 0 Å². The Hall–Kier alpha value is -2.88. The summed E-state index contributed by atoms with van der Waals surface area (Å²) in [4.78, 5) is 8.70. The molecule has 0 radical (unpaired) electrons. The summed E-state index contributed by atoms with van der Waals surface area (Å²) in [6.45, 7) is 1.99. The Bertz CT molecular complexity index is 764. The van der Waals surface area contributed by atoms with Gasteiger partial charge in [0, 0.05) is 5.56 Å². The first-order valence-corrected chi connectivity index (χ1v) is 7.07. The molecule has 3 aromatic rings. The molecular formula is C18H16N2O2. The van der Waals surface area contributed by atoms with Crippen LogP contribution >= 0.6 is 0 Å². The van der Waals surface area contributed by atoms with Crippen molar-refractivity contribution in [2.24, 2.45) is 4.99 Å². The van der Waals surface area contributed by atoms with E-state index in [1.165, 1.54) is 0 Å². The van der Waals surface area contributed by atoms with Crippen molar-refractivity contribution in [3.05, 3.63) is 71.9 Å². The summed E-state index contributed by atoms with van der Waals surface area (Å²) in [6.07, 6.45) is 1.54. The second kappa shape index (κ2) is 6.26. The summed E-state index contributed by atoms with van der Waals surface area (Å²) in [7, 11) is 0. The molecule has 1 heterocycles. The van der Waals surface area contributed by atoms with E-state index in [1.807, 2.05) is 67.6 Å². The lowest BCUT2D eigenvalue weighted by Crippen LogP contribution is -1.91. The molecule has 0 saturated carbocycles. The standard InChI is InChI=1S/C18H16N2O2/c1-13(14-8-4-2-5-9-14)19-12-16-18(21)22-17(20-16)15-10-6-3-7-11-15/h2-13,21H,1H3. The molecule has 0 aliphatic carbocycles. The molecule has 1 atom stereocenters. The van der Waals surface area contributed by atoms with Crippen LogP contribution in [0.3, 0.4) is 0 Å². The first-order chi connectivity index (χ1) is 10.7. The van der Waals surface area contributed by atoms with Crippen molar-refractivity contribution in [1.82, 2.24) is 4.98 Å². The lowest BCUT2D eigenvalue weighted by molar-refractivity contribution is 0.337. The van der Waals surface area contributed by atoms with Crippen LogP contribution in [-0.2, 0) is 0 Å². The molecular weight excluding hydrogens is 276 g/mol. The predicted molar refractivity (Wildman–Crippen MR) is 86.1 cm³/mol. The lowest BCUT2D eigenvalue weighted by atomic mass is 10.1. The molecule has 0 fully saturated rings. The molecule has 0 aliphatic rings. The number of aliphatic imine (C=N–C) groups is 1. The number of rotatable bonds is 4. The molecule has 0 bridgehead atoms. The topological polar surface area (TPSA) is 58.6 Å². The first-order valence-electron chi connectivity index (χ1n) is 7.07. The van der Waals surface area contributed by atoms with E-state index in [0.717, 1.165) is 11.1 Å². The molecule has 1 unspecified atom stereocenters. The van der Waals surface area contributed by atoms with Crippen LogP contribution in [0.1, 0.15) is 24.2 Å². The van der Waals surface area contributed by atoms with Crippen LogP contribution in [-0.4, -0.2) is 16.3 Å². The maximum atomic E-state index is 9.86. The van der Waals surface area contributed by atoms with Crippen molar-refractivity contribution in [2.45, 2.75) is 13.0 Å². The van der Waals surface area contributed by atoms with Crippen LogP contribution < -0.4 is 0 Å². The van der Waals surface area contributed by atoms with Crippen LogP contribution in [0.15, 0.2) is 70.1 Å². The second-order valence-electron chi connectivity index (χ2n) is 4.94. The highest BCUT2D eigenvalue weighted by molar-refractivity contribution is 5.80. The maximum absolute atomic E-state index is 9.86. The van der Waals surface area contributed by atoms with Gasteiger partial charge in [0.05, 0.1) is 12.3 Å². The number of aromatic nitrogens is 1. The molecule has 0 spiro atoms. The highest BCUT2D eigenvalue weighted by Gasteiger charge is 2.12. The number of hydrogen-bond donors (Lipinski definition) is 1. The van der Waals surface area contributed by atoms with Crippen LogP contribution in [0.4, 0.5) is 0 Å². The van der Waals surface area contributed by atoms with E-state index in [2.05, 4.69) is 9.98 Å². The summed E-state index contributed by atoms with van der Waals surface area (Å²) >= 11 is 0. The van der Waals surface area contributed by atoms with Crippen LogP contribution in [0.2, 0.25) is 0 Å². The zero-order valence-electron chi connectivity index (χ0n) is 12.2. The molecule has 110 valence electrons. The minimum atomic E-state index is -0.220. The van der Waals surface area contributed by atoms with Gasteiger partial charge in [-0.3, -0.25) is 4.99 Å². The fraction of sp³-hybridized carbons (Fsp3) is 0.111. The van der Waals surface area contributed by atoms with Crippen LogP contribution in [0.25, 0.3) is 11.5 Å². The van der Waals surface area contributed by atoms with Gasteiger partial charge in [-0.05, 0) is 24.6 Å². The van der Waals surface area contributed by atoms with Gasteiger partial charge in [0.2, 0.25) is 5.89 Å². The summed E-state index contributed by atoms with van der Waals surface area (Å²) in [5, 5.41) is 9.86. The smallest absolute Gasteiger partial charge is 0.312 e. The Balaban J connectivity index is 1.81. The third-order valence-electron chi connectivity index (χ3n) is 3.36. The van der Waals surface area contributed by atoms with E-state index in [-0.39, 0.29) is 12.0 Å². The van der Waals surface area contributed by atoms with Gasteiger partial charge in [0.25, 0.3) is 0 Å². The van der Waals surface area contributed by atoms with E-state index in [4.69, 9.17) is 4.42 Å². The van der Waals surface area contributed by atoms with Crippen molar-refractivity contribution < 1.29 is 9.52 Å². The molecule has 0 amide bonds. The summed E-state index contributed by atoms with van der Waals surface area (Å²) in [5.41, 5.74) is 2.25. The largest absolute Gasteiger partial charge is 0.479 e. The molecule has 3 rings (SSSR count). The quantitative estimate of drug-likeness (QED) is 0.732. The summed E-state index contributed by atoms with van der Waals surface area (Å²) in [5.74, 6) is 0.162. The van der Waals surface area contributed by atoms with E-state index >= 15 is 0 Å². The van der Waals surface area contributed by atoms with Crippen molar-refractivity contribution >= 4 is 6.21 Å². The van der Waals surface area contributed by atoms with Gasteiger partial charge in [-0.25, -0.2) is 4.98 Å². The molecule has 4 nitrogen and oxygen atoms in total.